The highest BCUT2D eigenvalue weighted by Gasteiger charge is 2.09. The maximum atomic E-state index is 11.5. The summed E-state index contributed by atoms with van der Waals surface area (Å²) in [5, 5.41) is 4.52. The second-order valence-corrected chi connectivity index (χ2v) is 4.19. The maximum absolute atomic E-state index is 11.5. The largest absolute Gasteiger partial charge is 0.383 e. The van der Waals surface area contributed by atoms with E-state index in [0.717, 1.165) is 0 Å². The van der Waals surface area contributed by atoms with Gasteiger partial charge in [0, 0.05) is 26.5 Å². The number of hydrogen-bond acceptors (Lipinski definition) is 4. The normalized spacial score (nSPS) is 10.1. The van der Waals surface area contributed by atoms with Crippen molar-refractivity contribution in [1.29, 1.82) is 0 Å². The molecule has 0 aliphatic heterocycles. The first-order valence-electron chi connectivity index (χ1n) is 5.06. The third-order valence-electron chi connectivity index (χ3n) is 2.00. The van der Waals surface area contributed by atoms with Crippen LogP contribution in [-0.2, 0) is 9.53 Å². The highest BCUT2D eigenvalue weighted by molar-refractivity contribution is 7.12. The van der Waals surface area contributed by atoms with Crippen molar-refractivity contribution in [1.82, 2.24) is 5.32 Å². The summed E-state index contributed by atoms with van der Waals surface area (Å²) < 4.78 is 4.80. The SMILES string of the molecule is COCCNC(=O)CCC(=O)c1cccs1. The molecule has 0 saturated heterocycles. The van der Waals surface area contributed by atoms with Crippen LogP contribution in [0.2, 0.25) is 0 Å². The van der Waals surface area contributed by atoms with Crippen molar-refractivity contribution in [3.05, 3.63) is 22.4 Å². The van der Waals surface area contributed by atoms with Gasteiger partial charge in [0.15, 0.2) is 5.78 Å². The van der Waals surface area contributed by atoms with Crippen molar-refractivity contribution < 1.29 is 14.3 Å². The summed E-state index contributed by atoms with van der Waals surface area (Å²) in [5.74, 6) is -0.0844. The van der Waals surface area contributed by atoms with Crippen LogP contribution in [0.25, 0.3) is 0 Å². The predicted octanol–water partition coefficient (Wildman–Crippen LogP) is 1.47. The summed E-state index contributed by atoms with van der Waals surface area (Å²) >= 11 is 1.40. The Morgan fingerprint density at radius 3 is 2.88 bits per heavy atom. The number of nitrogens with one attached hydrogen (secondary N) is 1. The summed E-state index contributed by atoms with van der Waals surface area (Å²) in [6.45, 7) is 0.979. The lowest BCUT2D eigenvalue weighted by molar-refractivity contribution is -0.121. The number of methoxy groups -OCH3 is 1. The van der Waals surface area contributed by atoms with Gasteiger partial charge in [-0.15, -0.1) is 11.3 Å². The molecular weight excluding hydrogens is 226 g/mol. The zero-order chi connectivity index (χ0) is 11.8. The molecule has 0 unspecified atom stereocenters. The van der Waals surface area contributed by atoms with E-state index in [4.69, 9.17) is 4.74 Å². The molecule has 1 heterocycles. The molecule has 0 aliphatic carbocycles. The number of amides is 1. The molecule has 0 saturated carbocycles. The number of carbonyl (C=O) groups is 2. The van der Waals surface area contributed by atoms with Crippen molar-refractivity contribution in [3.8, 4) is 0 Å². The monoisotopic (exact) mass is 241 g/mol. The zero-order valence-electron chi connectivity index (χ0n) is 9.19. The first-order chi connectivity index (χ1) is 7.74. The standard InChI is InChI=1S/C11H15NO3S/c1-15-7-6-12-11(14)5-4-9(13)10-3-2-8-16-10/h2-3,8H,4-7H2,1H3,(H,12,14). The van der Waals surface area contributed by atoms with Gasteiger partial charge >= 0.3 is 0 Å². The highest BCUT2D eigenvalue weighted by Crippen LogP contribution is 2.11. The molecule has 1 rings (SSSR count). The van der Waals surface area contributed by atoms with Crippen molar-refractivity contribution in [3.63, 3.8) is 0 Å². The van der Waals surface area contributed by atoms with Gasteiger partial charge in [0.05, 0.1) is 11.5 Å². The van der Waals surface area contributed by atoms with E-state index in [1.165, 1.54) is 11.3 Å². The van der Waals surface area contributed by atoms with Gasteiger partial charge in [-0.1, -0.05) is 6.07 Å². The van der Waals surface area contributed by atoms with E-state index in [9.17, 15) is 9.59 Å². The van der Waals surface area contributed by atoms with Gasteiger partial charge in [0.2, 0.25) is 5.91 Å². The molecule has 5 heteroatoms. The van der Waals surface area contributed by atoms with Crippen LogP contribution in [0.1, 0.15) is 22.5 Å². The fourth-order valence-electron chi connectivity index (χ4n) is 1.17. The number of hydrogen-bond donors (Lipinski definition) is 1. The summed E-state index contributed by atoms with van der Waals surface area (Å²) in [6, 6.07) is 3.60. The molecule has 0 atom stereocenters. The zero-order valence-corrected chi connectivity index (χ0v) is 10.0. The number of carbonyl (C=O) groups excluding carboxylic acids is 2. The van der Waals surface area contributed by atoms with E-state index < -0.39 is 0 Å². The Balaban J connectivity index is 2.19. The molecule has 0 radical (unpaired) electrons. The number of thiophene rings is 1. The van der Waals surface area contributed by atoms with Gasteiger partial charge in [-0.25, -0.2) is 0 Å². The molecule has 0 fully saturated rings. The van der Waals surface area contributed by atoms with Gasteiger partial charge in [-0.3, -0.25) is 9.59 Å². The fraction of sp³-hybridized carbons (Fsp3) is 0.455. The van der Waals surface area contributed by atoms with Crippen molar-refractivity contribution in [2.75, 3.05) is 20.3 Å². The van der Waals surface area contributed by atoms with Crippen molar-refractivity contribution in [2.45, 2.75) is 12.8 Å². The molecule has 88 valence electrons. The molecular formula is C11H15NO3S. The van der Waals surface area contributed by atoms with E-state index in [-0.39, 0.29) is 24.5 Å². The van der Waals surface area contributed by atoms with E-state index in [0.29, 0.717) is 18.0 Å². The molecule has 1 aromatic heterocycles. The van der Waals surface area contributed by atoms with Crippen LogP contribution < -0.4 is 5.32 Å². The fourth-order valence-corrected chi connectivity index (χ4v) is 1.86. The minimum atomic E-state index is -0.109. The molecule has 0 bridgehead atoms. The summed E-state index contributed by atoms with van der Waals surface area (Å²) in [4.78, 5) is 23.5. The minimum absolute atomic E-state index is 0.0249. The van der Waals surface area contributed by atoms with Crippen LogP contribution in [-0.4, -0.2) is 32.0 Å². The van der Waals surface area contributed by atoms with E-state index in [1.807, 2.05) is 11.4 Å². The van der Waals surface area contributed by atoms with E-state index in [2.05, 4.69) is 5.32 Å². The van der Waals surface area contributed by atoms with Gasteiger partial charge < -0.3 is 10.1 Å². The second-order valence-electron chi connectivity index (χ2n) is 3.24. The summed E-state index contributed by atoms with van der Waals surface area (Å²) in [6.07, 6.45) is 0.500. The number of rotatable bonds is 7. The Bertz CT molecular complexity index is 335. The third-order valence-corrected chi connectivity index (χ3v) is 2.91. The van der Waals surface area contributed by atoms with E-state index >= 15 is 0 Å². The number of ether oxygens (including phenoxy) is 1. The number of Topliss-reactive ketones (excluding diaryl/α,β-unsaturated/α-hetero) is 1. The molecule has 1 amide bonds. The first kappa shape index (κ1) is 12.9. The number of ketones is 1. The van der Waals surface area contributed by atoms with Gasteiger partial charge in [-0.05, 0) is 11.4 Å². The summed E-state index contributed by atoms with van der Waals surface area (Å²) in [7, 11) is 1.58. The Labute approximate surface area is 98.6 Å². The van der Waals surface area contributed by atoms with Crippen LogP contribution in [0, 0.1) is 0 Å². The van der Waals surface area contributed by atoms with Gasteiger partial charge in [-0.2, -0.15) is 0 Å². The highest BCUT2D eigenvalue weighted by atomic mass is 32.1. The van der Waals surface area contributed by atoms with Crippen molar-refractivity contribution in [2.24, 2.45) is 0 Å². The van der Waals surface area contributed by atoms with E-state index in [1.54, 1.807) is 13.2 Å². The van der Waals surface area contributed by atoms with Crippen LogP contribution in [0.5, 0.6) is 0 Å². The second kappa shape index (κ2) is 7.14. The average Bonchev–Trinajstić information content (AvgIpc) is 2.79. The average molecular weight is 241 g/mol. The van der Waals surface area contributed by atoms with Crippen molar-refractivity contribution >= 4 is 23.0 Å². The van der Waals surface area contributed by atoms with Crippen LogP contribution >= 0.6 is 11.3 Å². The van der Waals surface area contributed by atoms with Crippen LogP contribution in [0.3, 0.4) is 0 Å². The molecule has 0 spiro atoms. The Morgan fingerprint density at radius 1 is 1.44 bits per heavy atom. The quantitative estimate of drug-likeness (QED) is 0.581. The van der Waals surface area contributed by atoms with Gasteiger partial charge in [0.25, 0.3) is 0 Å². The van der Waals surface area contributed by atoms with Crippen LogP contribution in [0.4, 0.5) is 0 Å². The third kappa shape index (κ3) is 4.55. The predicted molar refractivity (Wildman–Crippen MR) is 62.8 cm³/mol. The smallest absolute Gasteiger partial charge is 0.220 e. The van der Waals surface area contributed by atoms with Gasteiger partial charge in [0.1, 0.15) is 0 Å². The Morgan fingerprint density at radius 2 is 2.25 bits per heavy atom. The first-order valence-corrected chi connectivity index (χ1v) is 5.94. The lowest BCUT2D eigenvalue weighted by Crippen LogP contribution is -2.27. The molecule has 16 heavy (non-hydrogen) atoms. The summed E-state index contributed by atoms with van der Waals surface area (Å²) in [5.41, 5.74) is 0. The lowest BCUT2D eigenvalue weighted by atomic mass is 10.2. The maximum Gasteiger partial charge on any atom is 0.220 e. The molecule has 4 nitrogen and oxygen atoms in total. The molecule has 0 aromatic carbocycles. The Hall–Kier alpha value is -1.20. The Kier molecular flexibility index (Phi) is 5.74. The topological polar surface area (TPSA) is 55.4 Å². The molecule has 0 aliphatic rings. The molecule has 1 aromatic rings. The van der Waals surface area contributed by atoms with Crippen LogP contribution in [0.15, 0.2) is 17.5 Å². The lowest BCUT2D eigenvalue weighted by Gasteiger charge is -2.03. The molecule has 1 N–H and O–H groups in total. The minimum Gasteiger partial charge on any atom is -0.383 e.